The maximum atomic E-state index is 12.7. The molecule has 154 valence electrons. The summed E-state index contributed by atoms with van der Waals surface area (Å²) in [6, 6.07) is 25.7. The number of ketones is 1. The number of fused-ring (bicyclic) bond motifs is 1. The van der Waals surface area contributed by atoms with Crippen LogP contribution in [0.3, 0.4) is 0 Å². The lowest BCUT2D eigenvalue weighted by Gasteiger charge is -2.27. The predicted octanol–water partition coefficient (Wildman–Crippen LogP) is 5.46. The maximum Gasteiger partial charge on any atom is 0.170 e. The molecular weight excluding hydrogens is 374 g/mol. The van der Waals surface area contributed by atoms with Crippen molar-refractivity contribution in [2.45, 2.75) is 25.0 Å². The fourth-order valence-electron chi connectivity index (χ4n) is 3.73. The Kier molecular flexibility index (Phi) is 6.15. The van der Waals surface area contributed by atoms with E-state index in [0.717, 1.165) is 24.1 Å². The van der Waals surface area contributed by atoms with E-state index in [1.165, 1.54) is 0 Å². The molecular formula is C26H27NO3. The summed E-state index contributed by atoms with van der Waals surface area (Å²) in [5.74, 6) is 1.41. The quantitative estimate of drug-likeness (QED) is 0.527. The van der Waals surface area contributed by atoms with Gasteiger partial charge in [0.15, 0.2) is 5.78 Å². The van der Waals surface area contributed by atoms with Gasteiger partial charge in [0.25, 0.3) is 0 Å². The Bertz CT molecular complexity index is 986. The van der Waals surface area contributed by atoms with Crippen LogP contribution in [-0.2, 0) is 0 Å². The third-order valence-electron chi connectivity index (χ3n) is 5.35. The van der Waals surface area contributed by atoms with Crippen LogP contribution in [0, 0.1) is 0 Å². The number of carbonyl (C=O) groups is 1. The van der Waals surface area contributed by atoms with Gasteiger partial charge < -0.3 is 14.4 Å². The van der Waals surface area contributed by atoms with Gasteiger partial charge in [-0.15, -0.1) is 0 Å². The fraction of sp³-hybridized carbons (Fsp3) is 0.269. The number of hydrogen-bond donors (Lipinski definition) is 0. The first-order chi connectivity index (χ1) is 14.6. The summed E-state index contributed by atoms with van der Waals surface area (Å²) < 4.78 is 12.6. The highest BCUT2D eigenvalue weighted by molar-refractivity contribution is 6.00. The van der Waals surface area contributed by atoms with Crippen LogP contribution in [0.25, 0.3) is 0 Å². The summed E-state index contributed by atoms with van der Waals surface area (Å²) in [7, 11) is 4.12. The van der Waals surface area contributed by atoms with Crippen LogP contribution >= 0.6 is 0 Å². The molecule has 3 aromatic carbocycles. The Balaban J connectivity index is 1.57. The molecule has 0 aliphatic carbocycles. The van der Waals surface area contributed by atoms with Crippen LogP contribution < -0.4 is 9.47 Å². The number of Topliss-reactive ketones (excluding diaryl/α,β-unsaturated/α-hetero) is 1. The highest BCUT2D eigenvalue weighted by Gasteiger charge is 2.28. The third kappa shape index (κ3) is 4.71. The molecule has 4 rings (SSSR count). The molecule has 4 nitrogen and oxygen atoms in total. The Morgan fingerprint density at radius 3 is 2.40 bits per heavy atom. The molecule has 1 aliphatic heterocycles. The molecule has 0 N–H and O–H groups in total. The molecule has 1 heterocycles. The van der Waals surface area contributed by atoms with Crippen molar-refractivity contribution < 1.29 is 14.3 Å². The molecule has 4 heteroatoms. The van der Waals surface area contributed by atoms with Crippen molar-refractivity contribution in [3.05, 3.63) is 95.6 Å². The minimum atomic E-state index is -0.264. The SMILES string of the molecule is CN(C)CCC(Oc1ccc2c(c1)O[C@@H](c1ccccc1)CC2=O)c1ccccc1. The van der Waals surface area contributed by atoms with Crippen LogP contribution in [0.4, 0.5) is 0 Å². The fourth-order valence-corrected chi connectivity index (χ4v) is 3.73. The zero-order valence-electron chi connectivity index (χ0n) is 17.5. The molecule has 0 bridgehead atoms. The van der Waals surface area contributed by atoms with Crippen molar-refractivity contribution in [3.8, 4) is 11.5 Å². The van der Waals surface area contributed by atoms with E-state index in [9.17, 15) is 4.79 Å². The summed E-state index contributed by atoms with van der Waals surface area (Å²) in [5, 5.41) is 0. The average Bonchev–Trinajstić information content (AvgIpc) is 2.77. The van der Waals surface area contributed by atoms with Crippen LogP contribution in [0.15, 0.2) is 78.9 Å². The molecule has 0 aromatic heterocycles. The lowest BCUT2D eigenvalue weighted by atomic mass is 9.96. The normalized spacial score (nSPS) is 16.6. The van der Waals surface area contributed by atoms with Gasteiger partial charge in [0.2, 0.25) is 0 Å². The molecule has 0 amide bonds. The first kappa shape index (κ1) is 20.2. The van der Waals surface area contributed by atoms with E-state index in [0.29, 0.717) is 23.5 Å². The van der Waals surface area contributed by atoms with Gasteiger partial charge in [0, 0.05) is 19.0 Å². The summed E-state index contributed by atoms with van der Waals surface area (Å²) >= 11 is 0. The molecule has 2 atom stereocenters. The number of ether oxygens (including phenoxy) is 2. The van der Waals surface area contributed by atoms with Crippen LogP contribution in [-0.4, -0.2) is 31.3 Å². The van der Waals surface area contributed by atoms with Crippen LogP contribution in [0.2, 0.25) is 0 Å². The molecule has 3 aromatic rings. The summed E-state index contributed by atoms with van der Waals surface area (Å²) in [6.45, 7) is 0.912. The average molecular weight is 402 g/mol. The highest BCUT2D eigenvalue weighted by Crippen LogP contribution is 2.38. The van der Waals surface area contributed by atoms with E-state index in [1.807, 2.05) is 66.7 Å². The topological polar surface area (TPSA) is 38.8 Å². The second-order valence-corrected chi connectivity index (χ2v) is 7.91. The summed E-state index contributed by atoms with van der Waals surface area (Å²) in [5.41, 5.74) is 2.77. The van der Waals surface area contributed by atoms with Crippen molar-refractivity contribution in [2.75, 3.05) is 20.6 Å². The van der Waals surface area contributed by atoms with Crippen molar-refractivity contribution in [2.24, 2.45) is 0 Å². The van der Waals surface area contributed by atoms with Gasteiger partial charge in [0.1, 0.15) is 23.7 Å². The van der Waals surface area contributed by atoms with Crippen molar-refractivity contribution >= 4 is 5.78 Å². The molecule has 0 spiro atoms. The van der Waals surface area contributed by atoms with Gasteiger partial charge in [-0.1, -0.05) is 60.7 Å². The van der Waals surface area contributed by atoms with Gasteiger partial charge in [-0.05, 0) is 37.4 Å². The number of carbonyl (C=O) groups excluding carboxylic acids is 1. The van der Waals surface area contributed by atoms with Gasteiger partial charge in [-0.25, -0.2) is 0 Å². The van der Waals surface area contributed by atoms with Gasteiger partial charge in [0.05, 0.1) is 12.0 Å². The van der Waals surface area contributed by atoms with E-state index in [4.69, 9.17) is 9.47 Å². The van der Waals surface area contributed by atoms with Gasteiger partial charge in [-0.3, -0.25) is 4.79 Å². The van der Waals surface area contributed by atoms with Crippen molar-refractivity contribution in [3.63, 3.8) is 0 Å². The maximum absolute atomic E-state index is 12.7. The van der Waals surface area contributed by atoms with Crippen molar-refractivity contribution in [1.29, 1.82) is 0 Å². The first-order valence-corrected chi connectivity index (χ1v) is 10.4. The molecule has 1 unspecified atom stereocenters. The second kappa shape index (κ2) is 9.14. The number of hydrogen-bond acceptors (Lipinski definition) is 4. The van der Waals surface area contributed by atoms with E-state index >= 15 is 0 Å². The molecule has 0 radical (unpaired) electrons. The summed E-state index contributed by atoms with van der Waals surface area (Å²) in [6.07, 6.45) is 0.878. The largest absolute Gasteiger partial charge is 0.486 e. The molecule has 1 aliphatic rings. The van der Waals surface area contributed by atoms with E-state index in [-0.39, 0.29) is 18.0 Å². The highest BCUT2D eigenvalue weighted by atomic mass is 16.5. The molecule has 0 saturated carbocycles. The molecule has 30 heavy (non-hydrogen) atoms. The lowest BCUT2D eigenvalue weighted by Crippen LogP contribution is -2.21. The van der Waals surface area contributed by atoms with Crippen molar-refractivity contribution in [1.82, 2.24) is 4.90 Å². The zero-order valence-corrected chi connectivity index (χ0v) is 17.5. The lowest BCUT2D eigenvalue weighted by molar-refractivity contribution is 0.0848. The summed E-state index contributed by atoms with van der Waals surface area (Å²) in [4.78, 5) is 14.8. The Morgan fingerprint density at radius 2 is 1.70 bits per heavy atom. The number of nitrogens with zero attached hydrogens (tertiary/aromatic N) is 1. The Morgan fingerprint density at radius 1 is 1.00 bits per heavy atom. The minimum Gasteiger partial charge on any atom is -0.486 e. The van der Waals surface area contributed by atoms with E-state index < -0.39 is 0 Å². The standard InChI is InChI=1S/C26H27NO3/c1-27(2)16-15-24(19-9-5-3-6-10-19)29-21-13-14-22-23(28)18-25(30-26(22)17-21)20-11-7-4-8-12-20/h3-14,17,24-25H,15-16,18H2,1-2H3/t24?,25-/m1/s1. The zero-order chi connectivity index (χ0) is 20.9. The minimum absolute atomic E-state index is 0.0733. The van der Waals surface area contributed by atoms with Crippen LogP contribution in [0.1, 0.15) is 46.5 Å². The number of benzene rings is 3. The molecule has 0 fully saturated rings. The smallest absolute Gasteiger partial charge is 0.170 e. The van der Waals surface area contributed by atoms with E-state index in [2.05, 4.69) is 31.1 Å². The third-order valence-corrected chi connectivity index (χ3v) is 5.35. The van der Waals surface area contributed by atoms with Gasteiger partial charge in [-0.2, -0.15) is 0 Å². The van der Waals surface area contributed by atoms with Crippen LogP contribution in [0.5, 0.6) is 11.5 Å². The van der Waals surface area contributed by atoms with Gasteiger partial charge >= 0.3 is 0 Å². The first-order valence-electron chi connectivity index (χ1n) is 10.4. The molecule has 0 saturated heterocycles. The Hall–Kier alpha value is -3.11. The monoisotopic (exact) mass is 401 g/mol. The second-order valence-electron chi connectivity index (χ2n) is 7.91. The van der Waals surface area contributed by atoms with E-state index in [1.54, 1.807) is 0 Å². The number of rotatable bonds is 7. The predicted molar refractivity (Wildman–Crippen MR) is 118 cm³/mol. The Labute approximate surface area is 178 Å².